The summed E-state index contributed by atoms with van der Waals surface area (Å²) in [5, 5.41) is 75.8. The van der Waals surface area contributed by atoms with Gasteiger partial charge >= 0.3 is 0 Å². The van der Waals surface area contributed by atoms with E-state index in [1.54, 1.807) is 0 Å². The number of phenols is 1. The largest absolute Gasteiger partial charge is 0.508 e. The molecule has 0 saturated carbocycles. The van der Waals surface area contributed by atoms with Crippen molar-refractivity contribution in [2.75, 3.05) is 13.2 Å². The maximum absolute atomic E-state index is 13.6. The summed E-state index contributed by atoms with van der Waals surface area (Å²) in [6.45, 7) is 4.13. The van der Waals surface area contributed by atoms with Gasteiger partial charge in [-0.3, -0.25) is 43.2 Å². The third-order valence-electron chi connectivity index (χ3n) is 8.79. The number of phenolic OH excluding ortho intramolecular Hbond substituents is 1. The van der Waals surface area contributed by atoms with Crippen molar-refractivity contribution in [2.24, 2.45) is 17.2 Å². The lowest BCUT2D eigenvalue weighted by Crippen LogP contribution is -2.64. The van der Waals surface area contributed by atoms with Crippen LogP contribution in [-0.4, -0.2) is 170 Å². The number of amides is 8. The minimum Gasteiger partial charge on any atom is -0.508 e. The molecule has 0 aliphatic rings. The lowest BCUT2D eigenvalue weighted by molar-refractivity contribution is -0.139. The van der Waals surface area contributed by atoms with Gasteiger partial charge in [0.1, 0.15) is 48.0 Å². The smallest absolute Gasteiger partial charge is 0.245 e. The summed E-state index contributed by atoms with van der Waals surface area (Å²) in [5.74, 6) is -10.1. The van der Waals surface area contributed by atoms with Crippen molar-refractivity contribution in [2.45, 2.75) is 120 Å². The molecule has 342 valence electrons. The topological polar surface area (TPSA) is 437 Å². The zero-order valence-corrected chi connectivity index (χ0v) is 34.2. The van der Waals surface area contributed by atoms with Crippen LogP contribution in [-0.2, 0) is 49.6 Å². The van der Waals surface area contributed by atoms with E-state index in [9.17, 15) is 73.8 Å². The van der Waals surface area contributed by atoms with Gasteiger partial charge in [-0.1, -0.05) is 12.1 Å². The molecule has 0 aliphatic heterocycles. The zero-order valence-electron chi connectivity index (χ0n) is 34.2. The van der Waals surface area contributed by atoms with Crippen molar-refractivity contribution >= 4 is 53.0 Å². The van der Waals surface area contributed by atoms with Crippen LogP contribution in [0.15, 0.2) is 24.3 Å². The summed E-state index contributed by atoms with van der Waals surface area (Å²) in [5.41, 5.74) is 16.6. The summed E-state index contributed by atoms with van der Waals surface area (Å²) in [4.78, 5) is 116. The van der Waals surface area contributed by atoms with Gasteiger partial charge in [-0.25, -0.2) is 0 Å². The molecule has 12 atom stereocenters. The highest BCUT2D eigenvalue weighted by atomic mass is 16.3. The Labute approximate surface area is 349 Å². The third-order valence-corrected chi connectivity index (χ3v) is 8.79. The second-order valence-electron chi connectivity index (χ2n) is 14.3. The van der Waals surface area contributed by atoms with Crippen molar-refractivity contribution in [3.05, 3.63) is 29.8 Å². The Morgan fingerprint density at radius 1 is 0.541 bits per heavy atom. The van der Waals surface area contributed by atoms with Crippen LogP contribution in [0.5, 0.6) is 5.75 Å². The highest BCUT2D eigenvalue weighted by Crippen LogP contribution is 2.13. The number of aromatic hydroxyl groups is 1. The number of aliphatic hydroxyl groups excluding tert-OH is 5. The second kappa shape index (κ2) is 25.1. The van der Waals surface area contributed by atoms with Crippen LogP contribution in [0.3, 0.4) is 0 Å². The lowest BCUT2D eigenvalue weighted by atomic mass is 10.0. The predicted octanol–water partition coefficient (Wildman–Crippen LogP) is -8.41. The van der Waals surface area contributed by atoms with Gasteiger partial charge in [0.15, 0.2) is 5.78 Å². The molecule has 0 heterocycles. The number of Topliss-reactive ketones (excluding diaryl/α,β-unsaturated/α-hetero) is 1. The second-order valence-corrected chi connectivity index (χ2v) is 14.3. The van der Waals surface area contributed by atoms with Gasteiger partial charge in [0, 0.05) is 6.42 Å². The highest BCUT2D eigenvalue weighted by molar-refractivity contribution is 5.99. The van der Waals surface area contributed by atoms with Gasteiger partial charge in [0.2, 0.25) is 47.3 Å². The summed E-state index contributed by atoms with van der Waals surface area (Å²) < 4.78 is 0. The highest BCUT2D eigenvalue weighted by Gasteiger charge is 2.38. The van der Waals surface area contributed by atoms with Crippen molar-refractivity contribution in [1.29, 1.82) is 0 Å². The van der Waals surface area contributed by atoms with E-state index >= 15 is 0 Å². The third kappa shape index (κ3) is 17.4. The number of benzene rings is 1. The summed E-state index contributed by atoms with van der Waals surface area (Å²) in [7, 11) is 0. The van der Waals surface area contributed by atoms with Crippen molar-refractivity contribution in [3.63, 3.8) is 0 Å². The molecule has 0 aromatic heterocycles. The molecule has 0 aliphatic carbocycles. The van der Waals surface area contributed by atoms with Crippen LogP contribution in [0.2, 0.25) is 0 Å². The number of primary amides is 1. The fraction of sp³-hybridized carbons (Fsp3) is 0.583. The van der Waals surface area contributed by atoms with E-state index in [2.05, 4.69) is 37.2 Å². The fourth-order valence-electron chi connectivity index (χ4n) is 5.33. The molecule has 25 nitrogen and oxygen atoms in total. The Kier molecular flexibility index (Phi) is 21.9. The molecular formula is C36H58N10O15. The van der Waals surface area contributed by atoms with Crippen molar-refractivity contribution < 1.29 is 73.8 Å². The van der Waals surface area contributed by atoms with Crippen LogP contribution in [0.4, 0.5) is 0 Å². The van der Waals surface area contributed by atoms with Crippen LogP contribution < -0.4 is 54.4 Å². The Bertz CT molecular complexity index is 1710. The maximum atomic E-state index is 13.6. The maximum Gasteiger partial charge on any atom is 0.245 e. The average molecular weight is 871 g/mol. The standard InChI is InChI=1S/C36H58N10O15/c1-14(38)30(55)42-23(13-47)33(58)44-28(17(4)50)35(60)46-29(18(5)51)36(61)45-27(16(3)49)34(59)41-22(11-25(39)54)31(56)40-21(10-19-6-8-20(52)9-7-19)32(57)43-26(15(2)48)24(53)12-37/h6-9,14-18,21-23,26-29,47-52H,10-13,37-38H2,1-5H3,(H2,39,54)(H,40,56)(H,41,59)(H,42,55)(H,43,57)(H,44,58)(H,45,61)(H,46,60)/t14-,15-,16-,17-,18-,21+,22+,23+,26+,27+,28+,29+/m1/s1. The van der Waals surface area contributed by atoms with E-state index in [1.165, 1.54) is 38.1 Å². The predicted molar refractivity (Wildman–Crippen MR) is 211 cm³/mol. The van der Waals surface area contributed by atoms with E-state index in [0.717, 1.165) is 20.8 Å². The van der Waals surface area contributed by atoms with Crippen LogP contribution in [0.1, 0.15) is 46.6 Å². The van der Waals surface area contributed by atoms with Crippen molar-refractivity contribution in [1.82, 2.24) is 37.2 Å². The van der Waals surface area contributed by atoms with E-state index in [4.69, 9.17) is 17.2 Å². The minimum atomic E-state index is -1.98. The van der Waals surface area contributed by atoms with Gasteiger partial charge in [-0.2, -0.15) is 0 Å². The molecule has 61 heavy (non-hydrogen) atoms. The molecule has 0 unspecified atom stereocenters. The molecule has 0 spiro atoms. The van der Waals surface area contributed by atoms with E-state index in [0.29, 0.717) is 5.56 Å². The molecule has 19 N–H and O–H groups in total. The minimum absolute atomic E-state index is 0.131. The summed E-state index contributed by atoms with van der Waals surface area (Å²) in [6.07, 6.45) is -7.83. The normalized spacial score (nSPS) is 17.0. The number of nitrogens with one attached hydrogen (secondary N) is 7. The molecule has 0 radical (unpaired) electrons. The average Bonchev–Trinajstić information content (AvgIpc) is 3.17. The lowest BCUT2D eigenvalue weighted by Gasteiger charge is -2.29. The quantitative estimate of drug-likeness (QED) is 0.0434. The van der Waals surface area contributed by atoms with Gasteiger partial charge < -0.3 is 85.1 Å². The molecule has 25 heteroatoms. The van der Waals surface area contributed by atoms with Crippen LogP contribution in [0.25, 0.3) is 0 Å². The first-order valence-corrected chi connectivity index (χ1v) is 18.8. The molecule has 8 amide bonds. The van der Waals surface area contributed by atoms with E-state index in [1.807, 2.05) is 0 Å². The first-order valence-electron chi connectivity index (χ1n) is 18.8. The molecule has 0 saturated heterocycles. The fourth-order valence-corrected chi connectivity index (χ4v) is 5.33. The summed E-state index contributed by atoms with van der Waals surface area (Å²) in [6, 6.07) is -8.09. The van der Waals surface area contributed by atoms with Gasteiger partial charge in [0.05, 0.1) is 50.0 Å². The summed E-state index contributed by atoms with van der Waals surface area (Å²) >= 11 is 0. The van der Waals surface area contributed by atoms with Crippen LogP contribution >= 0.6 is 0 Å². The van der Waals surface area contributed by atoms with Gasteiger partial charge in [0.25, 0.3) is 0 Å². The van der Waals surface area contributed by atoms with Gasteiger partial charge in [-0.15, -0.1) is 0 Å². The number of nitrogens with two attached hydrogens (primary N) is 3. The zero-order chi connectivity index (χ0) is 46.9. The molecule has 0 fully saturated rings. The first kappa shape index (κ1) is 53.2. The number of carbonyl (C=O) groups is 9. The van der Waals surface area contributed by atoms with E-state index < -0.39 is 145 Å². The van der Waals surface area contributed by atoms with Crippen LogP contribution in [0, 0.1) is 0 Å². The monoisotopic (exact) mass is 870 g/mol. The number of rotatable bonds is 25. The number of ketones is 1. The molecule has 0 bridgehead atoms. The molecule has 1 aromatic rings. The Balaban J connectivity index is 3.35. The SMILES string of the molecule is C[C@@H](N)C(=O)N[C@@H](CO)C(=O)N[C@H](C(=O)N[C@H](C(=O)N[C@H](C(=O)N[C@@H](CC(N)=O)C(=O)N[C@@H](Cc1ccc(O)cc1)C(=O)N[C@H](C(=O)CN)[C@@H](C)O)[C@@H](C)O)[C@@H](C)O)[C@@H](C)O. The number of aliphatic hydroxyl groups is 5. The Morgan fingerprint density at radius 3 is 1.30 bits per heavy atom. The molecule has 1 rings (SSSR count). The van der Waals surface area contributed by atoms with Crippen molar-refractivity contribution in [3.8, 4) is 5.75 Å². The Hall–Kier alpha value is -5.83. The van der Waals surface area contributed by atoms with E-state index in [-0.39, 0.29) is 12.2 Å². The molecular weight excluding hydrogens is 812 g/mol. The number of hydrogen-bond acceptors (Lipinski definition) is 17. The van der Waals surface area contributed by atoms with Gasteiger partial charge in [-0.05, 0) is 52.3 Å². The molecule has 1 aromatic carbocycles. The number of hydrogen-bond donors (Lipinski definition) is 16. The first-order chi connectivity index (χ1) is 28.3. The Morgan fingerprint density at radius 2 is 0.902 bits per heavy atom. The number of carbonyl (C=O) groups excluding carboxylic acids is 9.